The third kappa shape index (κ3) is 8.00. The molecule has 0 amide bonds. The van der Waals surface area contributed by atoms with Crippen LogP contribution in [0.5, 0.6) is 0 Å². The van der Waals surface area contributed by atoms with Gasteiger partial charge < -0.3 is 24.8 Å². The van der Waals surface area contributed by atoms with E-state index in [4.69, 9.17) is 0 Å². The van der Waals surface area contributed by atoms with E-state index in [2.05, 4.69) is 87.6 Å². The second-order valence-corrected chi connectivity index (χ2v) is 19.1. The average Bonchev–Trinajstić information content (AvgIpc) is 3.10. The summed E-state index contributed by atoms with van der Waals surface area (Å²) in [6.07, 6.45) is 1.05. The molecular formula is C22H24Cl2HfSi-2. The minimum atomic E-state index is 0. The van der Waals surface area contributed by atoms with Crippen molar-refractivity contribution in [1.29, 1.82) is 0 Å². The van der Waals surface area contributed by atoms with Crippen LogP contribution < -0.4 is 24.8 Å². The molecular weight excluding hydrogens is 542 g/mol. The summed E-state index contributed by atoms with van der Waals surface area (Å²) in [6, 6.07) is 24.5. The van der Waals surface area contributed by atoms with Crippen molar-refractivity contribution in [3.8, 4) is 11.1 Å². The number of aryl methyl sites for hydroxylation is 2. The van der Waals surface area contributed by atoms with E-state index in [1.54, 1.807) is 0 Å². The zero-order valence-electron chi connectivity index (χ0n) is 15.7. The third-order valence-corrected chi connectivity index (χ3v) is 3.68. The first-order chi connectivity index (χ1) is 11.5. The average molecular weight is 566 g/mol. The molecule has 0 spiro atoms. The van der Waals surface area contributed by atoms with Crippen molar-refractivity contribution in [3.05, 3.63) is 89.0 Å². The van der Waals surface area contributed by atoms with Crippen molar-refractivity contribution in [2.24, 2.45) is 0 Å². The molecule has 0 atom stereocenters. The Balaban J connectivity index is 0.000000415. The third-order valence-electron chi connectivity index (χ3n) is 3.68. The molecule has 0 unspecified atom stereocenters. The standard InChI is InChI=1S/C13H9.C7H9.C2H6Si.2ClH.Hf/c1-3-7-12-10(5-1)9-11-6-2-4-8-13(11)12;1-6-3-4-7(2)5-6;1-3-2;;;/h1-5,7-8H,9H2;3-5H,1-2H3;1-2H3;2*1H;/q2*-1;;;;+2/p-2. The molecule has 0 N–H and O–H groups in total. The van der Waals surface area contributed by atoms with Gasteiger partial charge in [0, 0.05) is 0 Å². The van der Waals surface area contributed by atoms with E-state index in [9.17, 15) is 0 Å². The first-order valence-electron chi connectivity index (χ1n) is 8.27. The number of rotatable bonds is 0. The van der Waals surface area contributed by atoms with Crippen molar-refractivity contribution in [3.63, 3.8) is 0 Å². The minimum absolute atomic E-state index is 0. The SMILES string of the molecule is C[Si](C)=[Hf+2].Cc1ccc(C)[cH-]1.[Cl-].[Cl-].[c-]1cccc2c1Cc1ccccc1-2. The Bertz CT molecular complexity index is 760. The van der Waals surface area contributed by atoms with Crippen molar-refractivity contribution < 1.29 is 47.8 Å². The predicted octanol–water partition coefficient (Wildman–Crippen LogP) is -0.127. The zero-order chi connectivity index (χ0) is 17.5. The molecule has 0 saturated heterocycles. The molecule has 0 nitrogen and oxygen atoms in total. The van der Waals surface area contributed by atoms with Crippen LogP contribution in [0.25, 0.3) is 11.1 Å². The van der Waals surface area contributed by atoms with Crippen LogP contribution in [0.3, 0.4) is 0 Å². The van der Waals surface area contributed by atoms with Crippen LogP contribution in [-0.4, -0.2) is 5.49 Å². The number of hydrogen-bond acceptors (Lipinski definition) is 0. The molecule has 3 aromatic carbocycles. The molecule has 0 aromatic heterocycles. The Morgan fingerprint density at radius 2 is 1.42 bits per heavy atom. The molecule has 0 fully saturated rings. The van der Waals surface area contributed by atoms with Crippen LogP contribution in [0.4, 0.5) is 0 Å². The number of benzene rings is 2. The van der Waals surface area contributed by atoms with Crippen LogP contribution in [0, 0.1) is 19.9 Å². The van der Waals surface area contributed by atoms with E-state index >= 15 is 0 Å². The molecule has 1 aliphatic rings. The van der Waals surface area contributed by atoms with Gasteiger partial charge >= 0.3 is 41.6 Å². The number of hydrogen-bond donors (Lipinski definition) is 0. The van der Waals surface area contributed by atoms with Crippen molar-refractivity contribution in [2.45, 2.75) is 33.4 Å². The van der Waals surface area contributed by atoms with Gasteiger partial charge in [-0.15, -0.1) is 5.56 Å². The van der Waals surface area contributed by atoms with Gasteiger partial charge in [-0.2, -0.15) is 47.0 Å². The second-order valence-electron chi connectivity index (χ2n) is 6.36. The maximum Gasteiger partial charge on any atom is -0.0253 e. The van der Waals surface area contributed by atoms with E-state index in [0.29, 0.717) is 0 Å². The van der Waals surface area contributed by atoms with Crippen LogP contribution in [0.15, 0.2) is 60.7 Å². The minimum Gasteiger partial charge on any atom is -1.00 e. The van der Waals surface area contributed by atoms with Crippen LogP contribution in [0.2, 0.25) is 13.1 Å². The largest absolute Gasteiger partial charge is 1.00 e. The van der Waals surface area contributed by atoms with Gasteiger partial charge in [0.05, 0.1) is 0 Å². The Hall–Kier alpha value is -0.543. The molecule has 4 rings (SSSR count). The molecule has 0 radical (unpaired) electrons. The predicted molar refractivity (Wildman–Crippen MR) is 103 cm³/mol. The van der Waals surface area contributed by atoms with E-state index in [0.717, 1.165) is 6.42 Å². The fourth-order valence-electron chi connectivity index (χ4n) is 2.72. The quantitative estimate of drug-likeness (QED) is 0.206. The number of halogens is 2. The Morgan fingerprint density at radius 3 is 1.96 bits per heavy atom. The first-order valence-corrected chi connectivity index (χ1v) is 16.2. The molecule has 26 heavy (non-hydrogen) atoms. The first kappa shape index (κ1) is 25.5. The monoisotopic (exact) mass is 566 g/mol. The van der Waals surface area contributed by atoms with Gasteiger partial charge in [-0.05, 0) is 6.42 Å². The summed E-state index contributed by atoms with van der Waals surface area (Å²) in [6.45, 7) is 8.87. The summed E-state index contributed by atoms with van der Waals surface area (Å²) in [5.74, 6) is 0. The van der Waals surface area contributed by atoms with Gasteiger partial charge in [0.2, 0.25) is 0 Å². The fraction of sp³-hybridized carbons (Fsp3) is 0.227. The van der Waals surface area contributed by atoms with E-state index in [-0.39, 0.29) is 30.3 Å². The number of fused-ring (bicyclic) bond motifs is 3. The summed E-state index contributed by atoms with van der Waals surface area (Å²) in [4.78, 5) is 0. The van der Waals surface area contributed by atoms with Crippen LogP contribution in [-0.2, 0) is 29.4 Å². The van der Waals surface area contributed by atoms with Crippen LogP contribution in [0.1, 0.15) is 22.3 Å². The zero-order valence-corrected chi connectivity index (χ0v) is 21.8. The summed E-state index contributed by atoms with van der Waals surface area (Å²) in [5.41, 5.74) is 8.49. The maximum absolute atomic E-state index is 3.30. The molecule has 136 valence electrons. The maximum atomic E-state index is 3.30. The molecule has 3 aromatic rings. The van der Waals surface area contributed by atoms with Crippen LogP contribution >= 0.6 is 0 Å². The molecule has 1 aliphatic carbocycles. The van der Waals surface area contributed by atoms with Gasteiger partial charge in [0.15, 0.2) is 0 Å². The second kappa shape index (κ2) is 12.8. The topological polar surface area (TPSA) is 0 Å². The summed E-state index contributed by atoms with van der Waals surface area (Å²) >= 11 is 1.45. The van der Waals surface area contributed by atoms with E-state index < -0.39 is 0 Å². The summed E-state index contributed by atoms with van der Waals surface area (Å²) < 4.78 is 0. The van der Waals surface area contributed by atoms with Gasteiger partial charge in [0.25, 0.3) is 0 Å². The van der Waals surface area contributed by atoms with E-state index in [1.807, 2.05) is 6.07 Å². The van der Waals surface area contributed by atoms with Gasteiger partial charge in [0.1, 0.15) is 0 Å². The van der Waals surface area contributed by atoms with Crippen molar-refractivity contribution in [1.82, 2.24) is 0 Å². The van der Waals surface area contributed by atoms with Gasteiger partial charge in [-0.1, -0.05) is 49.2 Å². The van der Waals surface area contributed by atoms with E-state index in [1.165, 1.54) is 56.4 Å². The Kier molecular flexibility index (Phi) is 12.5. The normalized spacial score (nSPS) is 9.77. The summed E-state index contributed by atoms with van der Waals surface area (Å²) in [7, 11) is 0. The molecule has 4 heteroatoms. The smallest absolute Gasteiger partial charge is 0.0253 e. The van der Waals surface area contributed by atoms with Gasteiger partial charge in [-0.3, -0.25) is 0 Å². The molecule has 0 heterocycles. The summed E-state index contributed by atoms with van der Waals surface area (Å²) in [5, 5.41) is 0. The Labute approximate surface area is 185 Å². The molecule has 0 saturated carbocycles. The van der Waals surface area contributed by atoms with Crippen molar-refractivity contribution in [2.75, 3.05) is 0 Å². The Morgan fingerprint density at radius 1 is 0.885 bits per heavy atom. The fourth-order valence-corrected chi connectivity index (χ4v) is 2.72. The molecule has 0 aliphatic heterocycles. The molecule has 0 bridgehead atoms. The van der Waals surface area contributed by atoms with Crippen molar-refractivity contribution >= 4 is 5.49 Å². The van der Waals surface area contributed by atoms with Gasteiger partial charge in [-0.25, -0.2) is 12.1 Å².